The Morgan fingerprint density at radius 1 is 0.397 bits per heavy atom. The van der Waals surface area contributed by atoms with Gasteiger partial charge in [0.15, 0.2) is 0 Å². The summed E-state index contributed by atoms with van der Waals surface area (Å²) in [5.41, 5.74) is 16.5. The van der Waals surface area contributed by atoms with Crippen LogP contribution in [0, 0.1) is 0 Å². The number of hydrogen-bond donors (Lipinski definition) is 0. The molecule has 0 saturated carbocycles. The molecule has 10 aromatic rings. The molecule has 11 rings (SSSR count). The molecule has 3 nitrogen and oxygen atoms in total. The van der Waals surface area contributed by atoms with Gasteiger partial charge in [0.1, 0.15) is 22.3 Å². The number of nitrogens with zero attached hydrogens (tertiary/aromatic N) is 1. The summed E-state index contributed by atoms with van der Waals surface area (Å²) in [6, 6.07) is 62.6. The SMILES string of the molecule is CC1(C)c2cc(C=Cc3ccccc3)ccc2-c2ccc(N(c3ccc(C=Cc4cccc5c4oc4ccccc45)cc3)c3ccc4oc5ccccc5c4c3)cc21. The Morgan fingerprint density at radius 2 is 0.948 bits per heavy atom. The molecule has 0 amide bonds. The Balaban J connectivity index is 0.980. The van der Waals surface area contributed by atoms with Crippen molar-refractivity contribution in [3.63, 3.8) is 0 Å². The molecule has 2 aromatic heterocycles. The third-order valence-corrected chi connectivity index (χ3v) is 11.9. The van der Waals surface area contributed by atoms with Crippen molar-refractivity contribution in [1.82, 2.24) is 0 Å². The molecule has 0 radical (unpaired) electrons. The van der Waals surface area contributed by atoms with Gasteiger partial charge >= 0.3 is 0 Å². The van der Waals surface area contributed by atoms with Gasteiger partial charge in [0.25, 0.3) is 0 Å². The van der Waals surface area contributed by atoms with Crippen molar-refractivity contribution >= 4 is 85.2 Å². The minimum absolute atomic E-state index is 0.189. The molecule has 2 heterocycles. The minimum Gasteiger partial charge on any atom is -0.456 e. The maximum Gasteiger partial charge on any atom is 0.142 e. The molecule has 8 aromatic carbocycles. The van der Waals surface area contributed by atoms with E-state index in [2.05, 4.69) is 195 Å². The molecule has 0 aliphatic heterocycles. The lowest BCUT2D eigenvalue weighted by Gasteiger charge is -2.28. The molecule has 0 saturated heterocycles. The molecule has 0 spiro atoms. The topological polar surface area (TPSA) is 29.5 Å². The Labute approximate surface area is 337 Å². The van der Waals surface area contributed by atoms with E-state index >= 15 is 0 Å². The first-order chi connectivity index (χ1) is 28.5. The average molecular weight is 746 g/mol. The van der Waals surface area contributed by atoms with Crippen LogP contribution >= 0.6 is 0 Å². The summed E-state index contributed by atoms with van der Waals surface area (Å²) in [5.74, 6) is 0. The number of furan rings is 2. The normalized spacial score (nSPS) is 13.3. The first-order valence-corrected chi connectivity index (χ1v) is 19.9. The molecular weight excluding hydrogens is 707 g/mol. The van der Waals surface area contributed by atoms with Crippen LogP contribution in [0.2, 0.25) is 0 Å². The monoisotopic (exact) mass is 745 g/mol. The van der Waals surface area contributed by atoms with Crippen molar-refractivity contribution in [2.24, 2.45) is 0 Å². The van der Waals surface area contributed by atoms with E-state index in [-0.39, 0.29) is 5.41 Å². The van der Waals surface area contributed by atoms with Crippen LogP contribution in [0.5, 0.6) is 0 Å². The molecule has 0 N–H and O–H groups in total. The van der Waals surface area contributed by atoms with E-state index in [1.165, 1.54) is 33.4 Å². The second kappa shape index (κ2) is 13.4. The highest BCUT2D eigenvalue weighted by molar-refractivity contribution is 6.08. The van der Waals surface area contributed by atoms with Gasteiger partial charge in [-0.05, 0) is 93.5 Å². The number of rotatable bonds is 7. The summed E-state index contributed by atoms with van der Waals surface area (Å²) in [4.78, 5) is 2.37. The van der Waals surface area contributed by atoms with E-state index in [0.717, 1.165) is 72.1 Å². The van der Waals surface area contributed by atoms with Crippen LogP contribution in [0.15, 0.2) is 185 Å². The van der Waals surface area contributed by atoms with Gasteiger partial charge in [0, 0.05) is 49.6 Å². The van der Waals surface area contributed by atoms with E-state index in [0.29, 0.717) is 0 Å². The summed E-state index contributed by atoms with van der Waals surface area (Å²) >= 11 is 0. The van der Waals surface area contributed by atoms with Crippen LogP contribution < -0.4 is 4.90 Å². The van der Waals surface area contributed by atoms with E-state index in [4.69, 9.17) is 8.83 Å². The second-order valence-corrected chi connectivity index (χ2v) is 15.8. The molecule has 276 valence electrons. The van der Waals surface area contributed by atoms with E-state index in [9.17, 15) is 0 Å². The van der Waals surface area contributed by atoms with Crippen molar-refractivity contribution in [3.8, 4) is 11.1 Å². The van der Waals surface area contributed by atoms with Crippen molar-refractivity contribution in [1.29, 1.82) is 0 Å². The van der Waals surface area contributed by atoms with Crippen molar-refractivity contribution < 1.29 is 8.83 Å². The van der Waals surface area contributed by atoms with Gasteiger partial charge in [0.2, 0.25) is 0 Å². The minimum atomic E-state index is -0.189. The fourth-order valence-electron chi connectivity index (χ4n) is 8.86. The fraction of sp³-hybridized carbons (Fsp3) is 0.0545. The molecular formula is C55H39NO2. The van der Waals surface area contributed by atoms with Gasteiger partial charge in [-0.25, -0.2) is 0 Å². The van der Waals surface area contributed by atoms with Crippen molar-refractivity contribution in [3.05, 3.63) is 209 Å². The molecule has 3 heteroatoms. The number of benzene rings is 8. The van der Waals surface area contributed by atoms with Crippen molar-refractivity contribution in [2.45, 2.75) is 19.3 Å². The van der Waals surface area contributed by atoms with Gasteiger partial charge in [-0.1, -0.05) is 159 Å². The maximum absolute atomic E-state index is 6.30. The summed E-state index contributed by atoms with van der Waals surface area (Å²) < 4.78 is 12.6. The molecule has 0 bridgehead atoms. The standard InChI is InChI=1S/C55H39NO2/c1-55(2)49-33-38(20-19-36-11-4-3-5-12-36)24-30-43(49)44-31-28-42(35-50(44)55)56(41-29-32-53-48(34-41)46-15-7-8-17-51(46)57-53)40-26-22-37(23-27-40)21-25-39-13-10-16-47-45-14-6-9-18-52(45)58-54(39)47/h3-35H,1-2H3. The summed E-state index contributed by atoms with van der Waals surface area (Å²) in [6.07, 6.45) is 8.72. The lowest BCUT2D eigenvalue weighted by Crippen LogP contribution is -2.16. The third-order valence-electron chi connectivity index (χ3n) is 11.9. The second-order valence-electron chi connectivity index (χ2n) is 15.8. The molecule has 0 atom stereocenters. The van der Waals surface area contributed by atoms with E-state index < -0.39 is 0 Å². The highest BCUT2D eigenvalue weighted by atomic mass is 16.3. The first-order valence-electron chi connectivity index (χ1n) is 19.9. The largest absolute Gasteiger partial charge is 0.456 e. The van der Waals surface area contributed by atoms with E-state index in [1.807, 2.05) is 24.3 Å². The summed E-state index contributed by atoms with van der Waals surface area (Å²) in [5, 5.41) is 4.48. The van der Waals surface area contributed by atoms with E-state index in [1.54, 1.807) is 0 Å². The predicted molar refractivity (Wildman–Crippen MR) is 244 cm³/mol. The van der Waals surface area contributed by atoms with Gasteiger partial charge in [-0.2, -0.15) is 0 Å². The van der Waals surface area contributed by atoms with Crippen LogP contribution in [0.25, 0.3) is 79.3 Å². The Hall–Kier alpha value is -7.36. The lowest BCUT2D eigenvalue weighted by atomic mass is 9.81. The summed E-state index contributed by atoms with van der Waals surface area (Å²) in [6.45, 7) is 4.71. The average Bonchev–Trinajstić information content (AvgIpc) is 3.91. The Bertz CT molecular complexity index is 3250. The third kappa shape index (κ3) is 5.66. The van der Waals surface area contributed by atoms with Gasteiger partial charge in [-0.3, -0.25) is 0 Å². The Kier molecular flexibility index (Phi) is 7.84. The van der Waals surface area contributed by atoms with Gasteiger partial charge < -0.3 is 13.7 Å². The van der Waals surface area contributed by atoms with Crippen LogP contribution in [0.1, 0.15) is 47.2 Å². The van der Waals surface area contributed by atoms with Crippen LogP contribution in [-0.4, -0.2) is 0 Å². The van der Waals surface area contributed by atoms with Gasteiger partial charge in [-0.15, -0.1) is 0 Å². The highest BCUT2D eigenvalue weighted by Crippen LogP contribution is 2.51. The predicted octanol–water partition coefficient (Wildman–Crippen LogP) is 15.6. The van der Waals surface area contributed by atoms with Crippen molar-refractivity contribution in [2.75, 3.05) is 4.90 Å². The molecule has 0 fully saturated rings. The number of para-hydroxylation sites is 3. The number of hydrogen-bond acceptors (Lipinski definition) is 3. The van der Waals surface area contributed by atoms with Crippen LogP contribution in [0.4, 0.5) is 17.1 Å². The van der Waals surface area contributed by atoms with Gasteiger partial charge in [0.05, 0.1) is 0 Å². The van der Waals surface area contributed by atoms with Crippen LogP contribution in [-0.2, 0) is 5.41 Å². The van der Waals surface area contributed by atoms with Crippen LogP contribution in [0.3, 0.4) is 0 Å². The number of anilines is 3. The molecule has 1 aliphatic rings. The Morgan fingerprint density at radius 3 is 1.76 bits per heavy atom. The maximum atomic E-state index is 6.30. The highest BCUT2D eigenvalue weighted by Gasteiger charge is 2.36. The lowest BCUT2D eigenvalue weighted by molar-refractivity contribution is 0.660. The number of fused-ring (bicyclic) bond motifs is 9. The quantitative estimate of drug-likeness (QED) is 0.152. The first kappa shape index (κ1) is 33.9. The molecule has 1 aliphatic carbocycles. The molecule has 58 heavy (non-hydrogen) atoms. The zero-order valence-corrected chi connectivity index (χ0v) is 32.3. The fourth-order valence-corrected chi connectivity index (χ4v) is 8.86. The summed E-state index contributed by atoms with van der Waals surface area (Å²) in [7, 11) is 0. The molecule has 0 unspecified atom stereocenters. The zero-order chi connectivity index (χ0) is 38.8. The zero-order valence-electron chi connectivity index (χ0n) is 32.3. The smallest absolute Gasteiger partial charge is 0.142 e.